The van der Waals surface area contributed by atoms with E-state index in [9.17, 15) is 10.2 Å². The van der Waals surface area contributed by atoms with Crippen molar-refractivity contribution in [1.29, 1.82) is 0 Å². The Morgan fingerprint density at radius 1 is 1.33 bits per heavy atom. The summed E-state index contributed by atoms with van der Waals surface area (Å²) in [7, 11) is 1.61. The smallest absolute Gasteiger partial charge is 0.119 e. The fraction of sp³-hybridized carbons (Fsp3) is 0.571. The van der Waals surface area contributed by atoms with Crippen molar-refractivity contribution >= 4 is 0 Å². The van der Waals surface area contributed by atoms with E-state index in [1.54, 1.807) is 14.0 Å². The molecule has 0 aliphatic rings. The Morgan fingerprint density at radius 3 is 2.61 bits per heavy atom. The minimum Gasteiger partial charge on any atom is -0.497 e. The molecule has 0 fully saturated rings. The van der Waals surface area contributed by atoms with Crippen LogP contribution in [0.3, 0.4) is 0 Å². The number of rotatable bonds is 7. The fourth-order valence-electron chi connectivity index (χ4n) is 1.86. The summed E-state index contributed by atoms with van der Waals surface area (Å²) in [6, 6.07) is 7.34. The number of nitrogens with one attached hydrogen (secondary N) is 1. The number of aliphatic hydroxyl groups is 2. The standard InChI is InChI=1S/C14H23NO3/c1-4-13(15-9-10(2)16)14(17)11-6-5-7-12(8-11)18-3/h5-8,10,13-17H,4,9H2,1-3H3. The van der Waals surface area contributed by atoms with Crippen molar-refractivity contribution in [3.8, 4) is 5.75 Å². The number of benzene rings is 1. The largest absolute Gasteiger partial charge is 0.497 e. The summed E-state index contributed by atoms with van der Waals surface area (Å²) in [5, 5.41) is 22.7. The maximum atomic E-state index is 10.3. The summed E-state index contributed by atoms with van der Waals surface area (Å²) in [6.07, 6.45) is -0.245. The second-order valence-corrected chi connectivity index (χ2v) is 4.49. The molecule has 1 aromatic carbocycles. The third-order valence-electron chi connectivity index (χ3n) is 2.93. The first-order valence-electron chi connectivity index (χ1n) is 6.32. The van der Waals surface area contributed by atoms with Gasteiger partial charge in [-0.15, -0.1) is 0 Å². The summed E-state index contributed by atoms with van der Waals surface area (Å²) in [5.41, 5.74) is 0.819. The Bertz CT molecular complexity index is 355. The zero-order valence-corrected chi connectivity index (χ0v) is 11.3. The average molecular weight is 253 g/mol. The Kier molecular flexibility index (Phi) is 6.12. The van der Waals surface area contributed by atoms with E-state index in [1.165, 1.54) is 0 Å². The zero-order chi connectivity index (χ0) is 13.5. The quantitative estimate of drug-likeness (QED) is 0.689. The van der Waals surface area contributed by atoms with Gasteiger partial charge in [0.2, 0.25) is 0 Å². The second kappa shape index (κ2) is 7.36. The lowest BCUT2D eigenvalue weighted by atomic mass is 10.00. The van der Waals surface area contributed by atoms with E-state index in [0.717, 1.165) is 17.7 Å². The summed E-state index contributed by atoms with van der Waals surface area (Å²) in [6.45, 7) is 4.19. The summed E-state index contributed by atoms with van der Waals surface area (Å²) in [5.74, 6) is 0.733. The molecule has 0 saturated heterocycles. The van der Waals surface area contributed by atoms with Crippen LogP contribution in [0.15, 0.2) is 24.3 Å². The van der Waals surface area contributed by atoms with Crippen molar-refractivity contribution in [2.75, 3.05) is 13.7 Å². The molecule has 18 heavy (non-hydrogen) atoms. The first-order valence-corrected chi connectivity index (χ1v) is 6.32. The van der Waals surface area contributed by atoms with Crippen LogP contribution in [0.1, 0.15) is 31.9 Å². The molecule has 0 aliphatic heterocycles. The van der Waals surface area contributed by atoms with Gasteiger partial charge in [-0.3, -0.25) is 0 Å². The number of aliphatic hydroxyl groups excluding tert-OH is 2. The Labute approximate surface area is 109 Å². The molecule has 0 saturated carbocycles. The molecule has 3 atom stereocenters. The molecular formula is C14H23NO3. The van der Waals surface area contributed by atoms with Crippen LogP contribution in [0.4, 0.5) is 0 Å². The highest BCUT2D eigenvalue weighted by molar-refractivity contribution is 5.30. The molecular weight excluding hydrogens is 230 g/mol. The fourth-order valence-corrected chi connectivity index (χ4v) is 1.86. The van der Waals surface area contributed by atoms with E-state index in [1.807, 2.05) is 31.2 Å². The van der Waals surface area contributed by atoms with Crippen LogP contribution in [-0.4, -0.2) is 36.0 Å². The molecule has 0 bridgehead atoms. The van der Waals surface area contributed by atoms with Crippen molar-refractivity contribution in [2.45, 2.75) is 38.5 Å². The molecule has 0 aromatic heterocycles. The van der Waals surface area contributed by atoms with Crippen molar-refractivity contribution in [3.63, 3.8) is 0 Å². The lowest BCUT2D eigenvalue weighted by Crippen LogP contribution is -2.38. The van der Waals surface area contributed by atoms with Crippen molar-refractivity contribution < 1.29 is 14.9 Å². The molecule has 4 heteroatoms. The van der Waals surface area contributed by atoms with Gasteiger partial charge >= 0.3 is 0 Å². The molecule has 4 nitrogen and oxygen atoms in total. The van der Waals surface area contributed by atoms with E-state index in [2.05, 4.69) is 5.32 Å². The van der Waals surface area contributed by atoms with Gasteiger partial charge in [0, 0.05) is 12.6 Å². The topological polar surface area (TPSA) is 61.7 Å². The van der Waals surface area contributed by atoms with Crippen molar-refractivity contribution in [1.82, 2.24) is 5.32 Å². The molecule has 1 aromatic rings. The van der Waals surface area contributed by atoms with Crippen LogP contribution < -0.4 is 10.1 Å². The van der Waals surface area contributed by atoms with Gasteiger partial charge < -0.3 is 20.3 Å². The van der Waals surface area contributed by atoms with Crippen LogP contribution in [0.2, 0.25) is 0 Å². The van der Waals surface area contributed by atoms with E-state index in [0.29, 0.717) is 6.54 Å². The molecule has 0 aliphatic carbocycles. The first kappa shape index (κ1) is 15.0. The van der Waals surface area contributed by atoms with Gasteiger partial charge in [-0.05, 0) is 31.0 Å². The summed E-state index contributed by atoms with van der Waals surface area (Å²) < 4.78 is 5.15. The summed E-state index contributed by atoms with van der Waals surface area (Å²) >= 11 is 0. The van der Waals surface area contributed by atoms with Gasteiger partial charge in [-0.1, -0.05) is 19.1 Å². The summed E-state index contributed by atoms with van der Waals surface area (Å²) in [4.78, 5) is 0. The third-order valence-corrected chi connectivity index (χ3v) is 2.93. The molecule has 0 spiro atoms. The molecule has 3 N–H and O–H groups in total. The van der Waals surface area contributed by atoms with Gasteiger partial charge in [-0.25, -0.2) is 0 Å². The van der Waals surface area contributed by atoms with Gasteiger partial charge in [-0.2, -0.15) is 0 Å². The van der Waals surface area contributed by atoms with Crippen LogP contribution in [0.5, 0.6) is 5.75 Å². The van der Waals surface area contributed by atoms with E-state index in [-0.39, 0.29) is 6.04 Å². The molecule has 1 rings (SSSR count). The maximum Gasteiger partial charge on any atom is 0.119 e. The van der Waals surface area contributed by atoms with E-state index < -0.39 is 12.2 Å². The second-order valence-electron chi connectivity index (χ2n) is 4.49. The molecule has 0 radical (unpaired) electrons. The lowest BCUT2D eigenvalue weighted by molar-refractivity contribution is 0.112. The maximum absolute atomic E-state index is 10.3. The highest BCUT2D eigenvalue weighted by Gasteiger charge is 2.19. The average Bonchev–Trinajstić information content (AvgIpc) is 2.39. The zero-order valence-electron chi connectivity index (χ0n) is 11.3. The minimum absolute atomic E-state index is 0.0771. The predicted octanol–water partition coefficient (Wildman–Crippen LogP) is 1.48. The normalized spacial score (nSPS) is 16.1. The number of hydrogen-bond acceptors (Lipinski definition) is 4. The molecule has 3 unspecified atom stereocenters. The first-order chi connectivity index (χ1) is 8.58. The minimum atomic E-state index is -0.608. The van der Waals surface area contributed by atoms with Crippen LogP contribution in [0.25, 0.3) is 0 Å². The van der Waals surface area contributed by atoms with Crippen LogP contribution in [-0.2, 0) is 0 Å². The van der Waals surface area contributed by atoms with Crippen LogP contribution >= 0.6 is 0 Å². The molecule has 102 valence electrons. The van der Waals surface area contributed by atoms with Gasteiger partial charge in [0.1, 0.15) is 5.75 Å². The van der Waals surface area contributed by atoms with Crippen molar-refractivity contribution in [3.05, 3.63) is 29.8 Å². The highest BCUT2D eigenvalue weighted by Crippen LogP contribution is 2.22. The molecule has 0 heterocycles. The van der Waals surface area contributed by atoms with E-state index in [4.69, 9.17) is 4.74 Å². The number of hydrogen-bond donors (Lipinski definition) is 3. The van der Waals surface area contributed by atoms with E-state index >= 15 is 0 Å². The SMILES string of the molecule is CCC(NCC(C)O)C(O)c1cccc(OC)c1. The lowest BCUT2D eigenvalue weighted by Gasteiger charge is -2.24. The number of methoxy groups -OCH3 is 1. The Hall–Kier alpha value is -1.10. The Balaban J connectivity index is 2.72. The van der Waals surface area contributed by atoms with Gasteiger partial charge in [0.15, 0.2) is 0 Å². The highest BCUT2D eigenvalue weighted by atomic mass is 16.5. The van der Waals surface area contributed by atoms with Gasteiger partial charge in [0.25, 0.3) is 0 Å². The third kappa shape index (κ3) is 4.29. The molecule has 0 amide bonds. The van der Waals surface area contributed by atoms with Crippen molar-refractivity contribution in [2.24, 2.45) is 0 Å². The van der Waals surface area contributed by atoms with Gasteiger partial charge in [0.05, 0.1) is 19.3 Å². The Morgan fingerprint density at radius 2 is 2.06 bits per heavy atom. The number of ether oxygens (including phenoxy) is 1. The van der Waals surface area contributed by atoms with Crippen LogP contribution in [0, 0.1) is 0 Å². The predicted molar refractivity (Wildman–Crippen MR) is 71.7 cm³/mol. The monoisotopic (exact) mass is 253 g/mol.